The van der Waals surface area contributed by atoms with Gasteiger partial charge in [-0.1, -0.05) is 18.2 Å². The minimum atomic E-state index is -3.83. The lowest BCUT2D eigenvalue weighted by Gasteiger charge is -2.10. The Hall–Kier alpha value is -2.44. The molecule has 0 aliphatic carbocycles. The summed E-state index contributed by atoms with van der Waals surface area (Å²) in [5.74, 6) is 0. The highest BCUT2D eigenvalue weighted by Crippen LogP contribution is 2.28. The maximum absolute atomic E-state index is 13.1. The number of rotatable bonds is 4. The molecule has 0 heterocycles. The predicted molar refractivity (Wildman–Crippen MR) is 109 cm³/mol. The minimum Gasteiger partial charge on any atom is -0.219 e. The topological polar surface area (TPSA) is 68.3 Å². The van der Waals surface area contributed by atoms with Crippen LogP contribution in [0.4, 0.5) is 0 Å². The van der Waals surface area contributed by atoms with Crippen LogP contribution in [-0.4, -0.2) is 16.8 Å². The lowest BCUT2D eigenvalue weighted by Crippen LogP contribution is -2.07. The van der Waals surface area contributed by atoms with Gasteiger partial charge in [-0.25, -0.2) is 16.8 Å². The Morgan fingerprint density at radius 2 is 0.786 bits per heavy atom. The molecule has 0 fully saturated rings. The molecule has 0 N–H and O–H groups in total. The van der Waals surface area contributed by atoms with Crippen molar-refractivity contribution in [1.82, 2.24) is 0 Å². The molecule has 6 heteroatoms. The van der Waals surface area contributed by atoms with Crippen LogP contribution in [0, 0.1) is 27.7 Å². The van der Waals surface area contributed by atoms with E-state index >= 15 is 0 Å². The smallest absolute Gasteiger partial charge is 0.206 e. The Kier molecular flexibility index (Phi) is 5.21. The molecule has 3 rings (SSSR count). The van der Waals surface area contributed by atoms with Crippen LogP contribution in [-0.2, 0) is 19.7 Å². The maximum atomic E-state index is 13.1. The second-order valence-corrected chi connectivity index (χ2v) is 11.0. The molecule has 0 spiro atoms. The molecule has 0 aliphatic heterocycles. The third-order valence-electron chi connectivity index (χ3n) is 4.44. The minimum absolute atomic E-state index is 0.0389. The van der Waals surface area contributed by atoms with Gasteiger partial charge in [0.05, 0.1) is 19.6 Å². The van der Waals surface area contributed by atoms with Crippen molar-refractivity contribution >= 4 is 19.7 Å². The van der Waals surface area contributed by atoms with Crippen LogP contribution >= 0.6 is 0 Å². The Balaban J connectivity index is 2.14. The fourth-order valence-corrected chi connectivity index (χ4v) is 6.32. The van der Waals surface area contributed by atoms with E-state index in [-0.39, 0.29) is 19.6 Å². The molecule has 28 heavy (non-hydrogen) atoms. The van der Waals surface area contributed by atoms with Crippen molar-refractivity contribution in [3.63, 3.8) is 0 Å². The second-order valence-electron chi connectivity index (χ2n) is 7.13. The first-order valence-electron chi connectivity index (χ1n) is 8.77. The fourth-order valence-electron chi connectivity index (χ4n) is 3.26. The number of aryl methyl sites for hydroxylation is 4. The van der Waals surface area contributed by atoms with Gasteiger partial charge in [0, 0.05) is 0 Å². The third-order valence-corrected chi connectivity index (χ3v) is 7.90. The van der Waals surface area contributed by atoms with E-state index in [4.69, 9.17) is 0 Å². The highest BCUT2D eigenvalue weighted by molar-refractivity contribution is 7.92. The van der Waals surface area contributed by atoms with Crippen molar-refractivity contribution in [1.29, 1.82) is 0 Å². The van der Waals surface area contributed by atoms with Gasteiger partial charge in [-0.3, -0.25) is 0 Å². The standard InChI is InChI=1S/C22H22O4S2/c1-15-8-16(2)11-21(10-15)27(23,24)19-6-5-7-20(14-19)28(25,26)22-12-17(3)9-18(4)13-22/h5-14H,1-4H3. The zero-order valence-corrected chi connectivity index (χ0v) is 17.9. The monoisotopic (exact) mass is 414 g/mol. The van der Waals surface area contributed by atoms with E-state index in [1.54, 1.807) is 24.3 Å². The van der Waals surface area contributed by atoms with Gasteiger partial charge >= 0.3 is 0 Å². The molecular formula is C22H22O4S2. The molecular weight excluding hydrogens is 392 g/mol. The Labute approximate surface area is 166 Å². The number of sulfone groups is 2. The molecule has 0 radical (unpaired) electrons. The zero-order chi connectivity index (χ0) is 20.7. The van der Waals surface area contributed by atoms with Crippen LogP contribution in [0.1, 0.15) is 22.3 Å². The van der Waals surface area contributed by atoms with Gasteiger partial charge in [0.15, 0.2) is 0 Å². The summed E-state index contributed by atoms with van der Waals surface area (Å²) in [6.07, 6.45) is 0. The van der Waals surface area contributed by atoms with Crippen molar-refractivity contribution in [3.8, 4) is 0 Å². The largest absolute Gasteiger partial charge is 0.219 e. The number of hydrogen-bond donors (Lipinski definition) is 0. The molecule has 0 aliphatic rings. The fraction of sp³-hybridized carbons (Fsp3) is 0.182. The molecule has 0 unspecified atom stereocenters. The van der Waals surface area contributed by atoms with E-state index in [9.17, 15) is 16.8 Å². The highest BCUT2D eigenvalue weighted by Gasteiger charge is 2.23. The summed E-state index contributed by atoms with van der Waals surface area (Å²) in [6, 6.07) is 15.7. The van der Waals surface area contributed by atoms with E-state index < -0.39 is 19.7 Å². The average molecular weight is 415 g/mol. The SMILES string of the molecule is Cc1cc(C)cc(S(=O)(=O)c2cccc(S(=O)(=O)c3cc(C)cc(C)c3)c2)c1. The first-order valence-corrected chi connectivity index (χ1v) is 11.7. The quantitative estimate of drug-likeness (QED) is 0.626. The van der Waals surface area contributed by atoms with Gasteiger partial charge in [0.25, 0.3) is 0 Å². The van der Waals surface area contributed by atoms with E-state index in [1.807, 2.05) is 39.8 Å². The summed E-state index contributed by atoms with van der Waals surface area (Å²) in [7, 11) is -7.66. The van der Waals surface area contributed by atoms with E-state index in [0.717, 1.165) is 22.3 Å². The Morgan fingerprint density at radius 1 is 0.464 bits per heavy atom. The first-order chi connectivity index (χ1) is 13.0. The van der Waals surface area contributed by atoms with Crippen molar-refractivity contribution in [2.75, 3.05) is 0 Å². The molecule has 0 bridgehead atoms. The Morgan fingerprint density at radius 3 is 1.11 bits per heavy atom. The van der Waals surface area contributed by atoms with Crippen molar-refractivity contribution < 1.29 is 16.8 Å². The summed E-state index contributed by atoms with van der Waals surface area (Å²) in [4.78, 5) is 0.239. The molecule has 0 saturated heterocycles. The predicted octanol–water partition coefficient (Wildman–Crippen LogP) is 4.59. The summed E-state index contributed by atoms with van der Waals surface area (Å²) in [5, 5.41) is 0. The van der Waals surface area contributed by atoms with Gasteiger partial charge < -0.3 is 0 Å². The molecule has 0 atom stereocenters. The van der Waals surface area contributed by atoms with Crippen molar-refractivity contribution in [2.24, 2.45) is 0 Å². The lowest BCUT2D eigenvalue weighted by atomic mass is 10.2. The normalized spacial score (nSPS) is 12.1. The summed E-state index contributed by atoms with van der Waals surface area (Å²) < 4.78 is 52.3. The molecule has 4 nitrogen and oxygen atoms in total. The van der Waals surface area contributed by atoms with Crippen molar-refractivity contribution in [2.45, 2.75) is 47.3 Å². The molecule has 3 aromatic rings. The van der Waals surface area contributed by atoms with Crippen LogP contribution in [0.3, 0.4) is 0 Å². The molecule has 0 aromatic heterocycles. The maximum Gasteiger partial charge on any atom is 0.206 e. The number of hydrogen-bond acceptors (Lipinski definition) is 4. The van der Waals surface area contributed by atoms with Crippen LogP contribution in [0.25, 0.3) is 0 Å². The van der Waals surface area contributed by atoms with Crippen LogP contribution in [0.2, 0.25) is 0 Å². The van der Waals surface area contributed by atoms with Crippen LogP contribution in [0.15, 0.2) is 80.2 Å². The second kappa shape index (κ2) is 7.18. The number of benzene rings is 3. The van der Waals surface area contributed by atoms with Gasteiger partial charge in [0.1, 0.15) is 0 Å². The first kappa shape index (κ1) is 20.3. The van der Waals surface area contributed by atoms with E-state index in [0.29, 0.717) is 0 Å². The molecule has 3 aromatic carbocycles. The Bertz CT molecular complexity index is 1130. The van der Waals surface area contributed by atoms with Crippen molar-refractivity contribution in [3.05, 3.63) is 82.9 Å². The van der Waals surface area contributed by atoms with Crippen LogP contribution in [0.5, 0.6) is 0 Å². The van der Waals surface area contributed by atoms with Crippen LogP contribution < -0.4 is 0 Å². The molecule has 0 amide bonds. The highest BCUT2D eigenvalue weighted by atomic mass is 32.2. The third kappa shape index (κ3) is 3.88. The zero-order valence-electron chi connectivity index (χ0n) is 16.2. The van der Waals surface area contributed by atoms with E-state index in [1.165, 1.54) is 24.3 Å². The van der Waals surface area contributed by atoms with Gasteiger partial charge in [-0.05, 0) is 92.4 Å². The average Bonchev–Trinajstić information content (AvgIpc) is 2.60. The molecule has 0 saturated carbocycles. The van der Waals surface area contributed by atoms with Gasteiger partial charge in [-0.2, -0.15) is 0 Å². The lowest BCUT2D eigenvalue weighted by molar-refractivity contribution is 0.594. The summed E-state index contributed by atoms with van der Waals surface area (Å²) in [5.41, 5.74) is 3.32. The van der Waals surface area contributed by atoms with E-state index in [2.05, 4.69) is 0 Å². The molecule has 146 valence electrons. The summed E-state index contributed by atoms with van der Waals surface area (Å²) >= 11 is 0. The van der Waals surface area contributed by atoms with Gasteiger partial charge in [0.2, 0.25) is 19.7 Å². The summed E-state index contributed by atoms with van der Waals surface area (Å²) in [6.45, 7) is 7.31. The van der Waals surface area contributed by atoms with Gasteiger partial charge in [-0.15, -0.1) is 0 Å².